The summed E-state index contributed by atoms with van der Waals surface area (Å²) in [7, 11) is -1.21. The number of nitro benzene ring substituents is 1. The molecule has 1 aromatic rings. The quantitative estimate of drug-likeness (QED) is 0.632. The largest absolute Gasteiger partial charge is 0.489 e. The molecule has 1 saturated heterocycles. The summed E-state index contributed by atoms with van der Waals surface area (Å²) in [6.07, 6.45) is 1.59. The van der Waals surface area contributed by atoms with E-state index in [2.05, 4.69) is 4.36 Å². The molecule has 0 aliphatic carbocycles. The third-order valence-electron chi connectivity index (χ3n) is 2.86. The summed E-state index contributed by atoms with van der Waals surface area (Å²) < 4.78 is 34.6. The molecule has 1 aliphatic heterocycles. The number of benzene rings is 1. The van der Waals surface area contributed by atoms with Crippen LogP contribution in [-0.2, 0) is 9.73 Å². The molecule has 2 rings (SSSR count). The molecule has 1 aliphatic rings. The van der Waals surface area contributed by atoms with E-state index in [1.165, 1.54) is 7.11 Å². The van der Waals surface area contributed by atoms with Gasteiger partial charge in [0, 0.05) is 17.6 Å². The minimum Gasteiger partial charge on any atom is -0.489 e. The Kier molecular flexibility index (Phi) is 3.70. The fourth-order valence-corrected chi connectivity index (χ4v) is 4.20. The maximum atomic E-state index is 13.4. The van der Waals surface area contributed by atoms with Crippen LogP contribution in [0.3, 0.4) is 0 Å². The number of halogens is 1. The summed E-state index contributed by atoms with van der Waals surface area (Å²) in [5.74, 6) is -0.0886. The van der Waals surface area contributed by atoms with Gasteiger partial charge < -0.3 is 4.74 Å². The molecule has 0 N–H and O–H groups in total. The summed E-state index contributed by atoms with van der Waals surface area (Å²) in [6.45, 7) is 0. The molecule has 0 amide bonds. The molecule has 0 saturated carbocycles. The summed E-state index contributed by atoms with van der Waals surface area (Å²) in [5.41, 5.74) is -0.566. The van der Waals surface area contributed by atoms with Crippen LogP contribution in [0.5, 0.6) is 5.75 Å². The van der Waals surface area contributed by atoms with Crippen molar-refractivity contribution in [2.24, 2.45) is 4.36 Å². The zero-order valence-electron chi connectivity index (χ0n) is 10.3. The highest BCUT2D eigenvalue weighted by molar-refractivity contribution is 7.93. The Morgan fingerprint density at radius 1 is 1.42 bits per heavy atom. The Morgan fingerprint density at radius 3 is 2.58 bits per heavy atom. The van der Waals surface area contributed by atoms with Crippen LogP contribution in [0.1, 0.15) is 12.8 Å². The predicted octanol–water partition coefficient (Wildman–Crippen LogP) is 2.64. The topological polar surface area (TPSA) is 81.8 Å². The molecule has 19 heavy (non-hydrogen) atoms. The Balaban J connectivity index is 2.63. The van der Waals surface area contributed by atoms with Gasteiger partial charge in [0.2, 0.25) is 5.75 Å². The van der Waals surface area contributed by atoms with Gasteiger partial charge in [-0.1, -0.05) is 0 Å². The second-order valence-corrected chi connectivity index (χ2v) is 6.76. The van der Waals surface area contributed by atoms with Gasteiger partial charge in [0.05, 0.1) is 27.8 Å². The maximum Gasteiger partial charge on any atom is 0.316 e. The van der Waals surface area contributed by atoms with Crippen LogP contribution < -0.4 is 4.74 Å². The molecule has 0 aromatic heterocycles. The zero-order valence-corrected chi connectivity index (χ0v) is 11.1. The fourth-order valence-electron chi connectivity index (χ4n) is 2.01. The molecule has 1 heterocycles. The molecule has 0 bridgehead atoms. The molecule has 1 aromatic carbocycles. The van der Waals surface area contributed by atoms with Gasteiger partial charge in [-0.15, -0.1) is 0 Å². The van der Waals surface area contributed by atoms with Crippen LogP contribution in [0, 0.1) is 15.9 Å². The molecule has 0 atom stereocenters. The van der Waals surface area contributed by atoms with Crippen LogP contribution in [-0.4, -0.2) is 27.7 Å². The normalized spacial score (nSPS) is 17.2. The SMILES string of the molecule is COc1c(N=S2(=O)CCCC2)cc(F)cc1[N+](=O)[O-]. The molecule has 1 fully saturated rings. The number of ether oxygens (including phenoxy) is 1. The first kappa shape index (κ1) is 13.7. The zero-order chi connectivity index (χ0) is 14.0. The Labute approximate surface area is 109 Å². The Hall–Kier alpha value is -1.70. The highest BCUT2D eigenvalue weighted by Gasteiger charge is 2.23. The number of rotatable bonds is 3. The van der Waals surface area contributed by atoms with E-state index in [-0.39, 0.29) is 11.4 Å². The van der Waals surface area contributed by atoms with E-state index in [0.29, 0.717) is 11.5 Å². The maximum absolute atomic E-state index is 13.4. The highest BCUT2D eigenvalue weighted by Crippen LogP contribution is 2.39. The lowest BCUT2D eigenvalue weighted by Gasteiger charge is -2.07. The van der Waals surface area contributed by atoms with Crippen molar-refractivity contribution in [3.63, 3.8) is 0 Å². The Morgan fingerprint density at radius 2 is 2.05 bits per heavy atom. The first-order valence-electron chi connectivity index (χ1n) is 5.70. The molecule has 0 spiro atoms. The van der Waals surface area contributed by atoms with Crippen molar-refractivity contribution in [3.8, 4) is 5.75 Å². The molecule has 104 valence electrons. The summed E-state index contributed by atoms with van der Waals surface area (Å²) in [5, 5.41) is 10.8. The van der Waals surface area contributed by atoms with Crippen LogP contribution in [0.15, 0.2) is 16.5 Å². The highest BCUT2D eigenvalue weighted by atomic mass is 32.2. The van der Waals surface area contributed by atoms with E-state index in [0.717, 1.165) is 25.0 Å². The van der Waals surface area contributed by atoms with E-state index in [1.54, 1.807) is 0 Å². The van der Waals surface area contributed by atoms with E-state index in [9.17, 15) is 18.7 Å². The van der Waals surface area contributed by atoms with Crippen molar-refractivity contribution < 1.29 is 18.3 Å². The minimum atomic E-state index is -2.44. The average Bonchev–Trinajstić information content (AvgIpc) is 2.75. The van der Waals surface area contributed by atoms with E-state index in [1.807, 2.05) is 0 Å². The number of hydrogen-bond acceptors (Lipinski definition) is 5. The average molecular weight is 288 g/mol. The van der Waals surface area contributed by atoms with Gasteiger partial charge in [-0.25, -0.2) is 8.60 Å². The van der Waals surface area contributed by atoms with Gasteiger partial charge in [0.1, 0.15) is 11.5 Å². The van der Waals surface area contributed by atoms with Gasteiger partial charge in [-0.3, -0.25) is 10.1 Å². The lowest BCUT2D eigenvalue weighted by molar-refractivity contribution is -0.385. The van der Waals surface area contributed by atoms with Gasteiger partial charge in [0.25, 0.3) is 0 Å². The second-order valence-electron chi connectivity index (χ2n) is 4.21. The van der Waals surface area contributed by atoms with Crippen LogP contribution in [0.2, 0.25) is 0 Å². The molecule has 8 heteroatoms. The lowest BCUT2D eigenvalue weighted by Crippen LogP contribution is -2.01. The monoisotopic (exact) mass is 288 g/mol. The number of nitrogens with zero attached hydrogens (tertiary/aromatic N) is 2. The number of methoxy groups -OCH3 is 1. The van der Waals surface area contributed by atoms with Crippen molar-refractivity contribution in [3.05, 3.63) is 28.1 Å². The molecular weight excluding hydrogens is 275 g/mol. The number of nitro groups is 1. The molecule has 0 unspecified atom stereocenters. The van der Waals surface area contributed by atoms with Crippen LogP contribution in [0.25, 0.3) is 0 Å². The smallest absolute Gasteiger partial charge is 0.316 e. The third-order valence-corrected chi connectivity index (χ3v) is 5.24. The fraction of sp³-hybridized carbons (Fsp3) is 0.455. The van der Waals surface area contributed by atoms with Crippen molar-refractivity contribution in [1.82, 2.24) is 0 Å². The van der Waals surface area contributed by atoms with E-state index in [4.69, 9.17) is 4.74 Å². The number of hydrogen-bond donors (Lipinski definition) is 0. The molecule has 6 nitrogen and oxygen atoms in total. The van der Waals surface area contributed by atoms with Crippen LogP contribution in [0.4, 0.5) is 15.8 Å². The summed E-state index contributed by atoms with van der Waals surface area (Å²) in [4.78, 5) is 10.1. The first-order chi connectivity index (χ1) is 8.95. The van der Waals surface area contributed by atoms with E-state index >= 15 is 0 Å². The molecular formula is C11H13FN2O4S. The van der Waals surface area contributed by atoms with Gasteiger partial charge in [-0.2, -0.15) is 4.36 Å². The van der Waals surface area contributed by atoms with Crippen molar-refractivity contribution in [2.75, 3.05) is 18.6 Å². The lowest BCUT2D eigenvalue weighted by atomic mass is 10.2. The van der Waals surface area contributed by atoms with E-state index < -0.39 is 26.2 Å². The second kappa shape index (κ2) is 5.12. The standard InChI is InChI=1S/C11H13FN2O4S/c1-18-11-9(13-19(17)4-2-3-5-19)6-8(12)7-10(11)14(15)16/h6-7H,2-5H2,1H3. The van der Waals surface area contributed by atoms with Gasteiger partial charge in [0.15, 0.2) is 0 Å². The summed E-state index contributed by atoms with van der Waals surface area (Å²) >= 11 is 0. The predicted molar refractivity (Wildman–Crippen MR) is 68.8 cm³/mol. The van der Waals surface area contributed by atoms with Crippen molar-refractivity contribution >= 4 is 21.1 Å². The Bertz CT molecular complexity index is 626. The summed E-state index contributed by atoms with van der Waals surface area (Å²) in [6, 6.07) is 1.77. The van der Waals surface area contributed by atoms with Gasteiger partial charge >= 0.3 is 5.69 Å². The third kappa shape index (κ3) is 2.83. The van der Waals surface area contributed by atoms with Crippen LogP contribution >= 0.6 is 0 Å². The van der Waals surface area contributed by atoms with Gasteiger partial charge in [-0.05, 0) is 12.8 Å². The van der Waals surface area contributed by atoms with Crippen molar-refractivity contribution in [1.29, 1.82) is 0 Å². The van der Waals surface area contributed by atoms with Crippen molar-refractivity contribution in [2.45, 2.75) is 12.8 Å². The first-order valence-corrected chi connectivity index (χ1v) is 7.55. The minimum absolute atomic E-state index is 0.0545. The molecule has 0 radical (unpaired) electrons.